The van der Waals surface area contributed by atoms with E-state index in [1.807, 2.05) is 25.1 Å². The molecule has 8 heteroatoms. The summed E-state index contributed by atoms with van der Waals surface area (Å²) < 4.78 is 17.0. The molecule has 0 unspecified atom stereocenters. The minimum atomic E-state index is -0.279. The summed E-state index contributed by atoms with van der Waals surface area (Å²) in [7, 11) is 1.58. The van der Waals surface area contributed by atoms with Gasteiger partial charge in [-0.05, 0) is 52.2 Å². The second-order valence-electron chi connectivity index (χ2n) is 5.60. The maximum absolute atomic E-state index is 12.1. The maximum Gasteiger partial charge on any atom is 0.258 e. The number of nitrogens with one attached hydrogen (secondary N) is 1. The van der Waals surface area contributed by atoms with Crippen LogP contribution in [0.15, 0.2) is 34.8 Å². The van der Waals surface area contributed by atoms with Crippen molar-refractivity contribution in [3.63, 3.8) is 0 Å². The third-order valence-corrected chi connectivity index (χ3v) is 4.58. The summed E-state index contributed by atoms with van der Waals surface area (Å²) in [5.74, 6) is 1.40. The fraction of sp³-hybridized carbons (Fsp3) is 0.316. The van der Waals surface area contributed by atoms with Crippen LogP contribution in [0, 0.1) is 0 Å². The van der Waals surface area contributed by atoms with Gasteiger partial charge in [-0.2, -0.15) is 0 Å². The van der Waals surface area contributed by atoms with Crippen LogP contribution < -0.4 is 19.5 Å². The molecule has 27 heavy (non-hydrogen) atoms. The summed E-state index contributed by atoms with van der Waals surface area (Å²) in [6, 6.07) is 8.74. The van der Waals surface area contributed by atoms with Crippen LogP contribution in [0.2, 0.25) is 10.0 Å². The number of rotatable bonds is 9. The fourth-order valence-electron chi connectivity index (χ4n) is 2.21. The van der Waals surface area contributed by atoms with Gasteiger partial charge in [0, 0.05) is 11.6 Å². The lowest BCUT2D eigenvalue weighted by Crippen LogP contribution is -2.28. The standard InChI is InChI=1S/C19H20BrCl2NO4/c1-3-6-26-16-5-4-12(7-17(16)25-2)10-23-18(24)11-27-19-14(20)8-13(21)9-15(19)22/h4-5,7-9H,3,6,10-11H2,1-2H3,(H,23,24). The van der Waals surface area contributed by atoms with Gasteiger partial charge in [0.15, 0.2) is 23.9 Å². The zero-order valence-electron chi connectivity index (χ0n) is 15.0. The van der Waals surface area contributed by atoms with Crippen molar-refractivity contribution in [2.24, 2.45) is 0 Å². The average molecular weight is 477 g/mol. The molecule has 0 aromatic heterocycles. The monoisotopic (exact) mass is 475 g/mol. The lowest BCUT2D eigenvalue weighted by Gasteiger charge is -2.13. The molecule has 0 aliphatic carbocycles. The van der Waals surface area contributed by atoms with E-state index in [1.165, 1.54) is 0 Å². The quantitative estimate of drug-likeness (QED) is 0.537. The first-order chi connectivity index (χ1) is 12.9. The van der Waals surface area contributed by atoms with Crippen molar-refractivity contribution in [2.75, 3.05) is 20.3 Å². The molecule has 0 bridgehead atoms. The van der Waals surface area contributed by atoms with Crippen molar-refractivity contribution in [1.82, 2.24) is 5.32 Å². The molecule has 1 amide bonds. The largest absolute Gasteiger partial charge is 0.493 e. The number of ether oxygens (including phenoxy) is 3. The highest BCUT2D eigenvalue weighted by molar-refractivity contribution is 9.10. The first-order valence-electron chi connectivity index (χ1n) is 8.28. The molecule has 2 aromatic rings. The number of benzene rings is 2. The number of carbonyl (C=O) groups is 1. The molecule has 0 spiro atoms. The normalized spacial score (nSPS) is 10.4. The van der Waals surface area contributed by atoms with Crippen molar-refractivity contribution in [3.8, 4) is 17.2 Å². The number of amides is 1. The van der Waals surface area contributed by atoms with Gasteiger partial charge >= 0.3 is 0 Å². The van der Waals surface area contributed by atoms with Gasteiger partial charge in [0.1, 0.15) is 0 Å². The molecule has 0 saturated carbocycles. The molecule has 0 heterocycles. The summed E-state index contributed by atoms with van der Waals surface area (Å²) in [4.78, 5) is 12.1. The highest BCUT2D eigenvalue weighted by Crippen LogP contribution is 2.36. The second-order valence-corrected chi connectivity index (χ2v) is 7.30. The molecule has 0 aliphatic heterocycles. The summed E-state index contributed by atoms with van der Waals surface area (Å²) in [5, 5.41) is 3.59. The molecule has 1 N–H and O–H groups in total. The summed E-state index contributed by atoms with van der Waals surface area (Å²) in [5.41, 5.74) is 0.884. The van der Waals surface area contributed by atoms with Gasteiger partial charge in [0.25, 0.3) is 5.91 Å². The summed E-state index contributed by atoms with van der Waals surface area (Å²) in [6.07, 6.45) is 0.911. The zero-order chi connectivity index (χ0) is 19.8. The van der Waals surface area contributed by atoms with Crippen molar-refractivity contribution in [2.45, 2.75) is 19.9 Å². The van der Waals surface area contributed by atoms with Crippen molar-refractivity contribution >= 4 is 45.0 Å². The van der Waals surface area contributed by atoms with Crippen molar-refractivity contribution in [3.05, 3.63) is 50.4 Å². The predicted octanol–water partition coefficient (Wildman–Crippen LogP) is 5.25. The smallest absolute Gasteiger partial charge is 0.258 e. The Morgan fingerprint density at radius 2 is 1.93 bits per heavy atom. The molecule has 0 aliphatic rings. The lowest BCUT2D eigenvalue weighted by molar-refractivity contribution is -0.123. The van der Waals surface area contributed by atoms with E-state index in [-0.39, 0.29) is 12.5 Å². The van der Waals surface area contributed by atoms with Gasteiger partial charge in [-0.25, -0.2) is 0 Å². The predicted molar refractivity (Wildman–Crippen MR) is 110 cm³/mol. The molecule has 0 radical (unpaired) electrons. The van der Waals surface area contributed by atoms with E-state index < -0.39 is 0 Å². The van der Waals surface area contributed by atoms with Crippen LogP contribution in [0.1, 0.15) is 18.9 Å². The second kappa shape index (κ2) is 10.6. The Hall–Kier alpha value is -1.63. The molecule has 0 fully saturated rings. The average Bonchev–Trinajstić information content (AvgIpc) is 2.64. The van der Waals surface area contributed by atoms with Crippen LogP contribution in [0.4, 0.5) is 0 Å². The number of hydrogen-bond acceptors (Lipinski definition) is 4. The number of halogens is 3. The minimum Gasteiger partial charge on any atom is -0.493 e. The molecule has 2 aromatic carbocycles. The van der Waals surface area contributed by atoms with Crippen LogP contribution in [0.3, 0.4) is 0 Å². The Morgan fingerprint density at radius 1 is 1.15 bits per heavy atom. The highest BCUT2D eigenvalue weighted by Gasteiger charge is 2.12. The van der Waals surface area contributed by atoms with Crippen molar-refractivity contribution < 1.29 is 19.0 Å². The van der Waals surface area contributed by atoms with Gasteiger partial charge < -0.3 is 19.5 Å². The SMILES string of the molecule is CCCOc1ccc(CNC(=O)COc2c(Cl)cc(Cl)cc2Br)cc1OC. The third kappa shape index (κ3) is 6.48. The molecule has 5 nitrogen and oxygen atoms in total. The lowest BCUT2D eigenvalue weighted by atomic mass is 10.2. The molecular formula is C19H20BrCl2NO4. The molecular weight excluding hydrogens is 457 g/mol. The molecule has 146 valence electrons. The topological polar surface area (TPSA) is 56.8 Å². The van der Waals surface area contributed by atoms with Crippen LogP contribution in [-0.2, 0) is 11.3 Å². The molecule has 0 atom stereocenters. The summed E-state index contributed by atoms with van der Waals surface area (Å²) >= 11 is 15.3. The van der Waals surface area contributed by atoms with Gasteiger partial charge in [0.2, 0.25) is 0 Å². The first kappa shape index (κ1) is 21.7. The van der Waals surface area contributed by atoms with E-state index in [4.69, 9.17) is 37.4 Å². The Labute approximate surface area is 177 Å². The van der Waals surface area contributed by atoms with E-state index in [2.05, 4.69) is 21.2 Å². The summed E-state index contributed by atoms with van der Waals surface area (Å²) in [6.45, 7) is 2.82. The van der Waals surface area contributed by atoms with Gasteiger partial charge in [-0.15, -0.1) is 0 Å². The first-order valence-corrected chi connectivity index (χ1v) is 9.83. The van der Waals surface area contributed by atoms with E-state index >= 15 is 0 Å². The zero-order valence-corrected chi connectivity index (χ0v) is 18.1. The molecule has 0 saturated heterocycles. The van der Waals surface area contributed by atoms with E-state index in [1.54, 1.807) is 19.2 Å². The van der Waals surface area contributed by atoms with Gasteiger partial charge in [0.05, 0.1) is 23.2 Å². The van der Waals surface area contributed by atoms with E-state index in [0.717, 1.165) is 12.0 Å². The Morgan fingerprint density at radius 3 is 2.59 bits per heavy atom. The maximum atomic E-state index is 12.1. The van der Waals surface area contributed by atoms with E-state index in [9.17, 15) is 4.79 Å². The Kier molecular flexibility index (Phi) is 8.54. The third-order valence-electron chi connectivity index (χ3n) is 3.49. The fourth-order valence-corrected chi connectivity index (χ4v) is 3.58. The van der Waals surface area contributed by atoms with E-state index in [0.29, 0.717) is 44.9 Å². The number of carbonyl (C=O) groups excluding carboxylic acids is 1. The Bertz CT molecular complexity index is 778. The van der Waals surface area contributed by atoms with Crippen LogP contribution in [-0.4, -0.2) is 26.2 Å². The highest BCUT2D eigenvalue weighted by atomic mass is 79.9. The number of hydrogen-bond donors (Lipinski definition) is 1. The van der Waals surface area contributed by atoms with Crippen LogP contribution >= 0.6 is 39.1 Å². The van der Waals surface area contributed by atoms with Crippen LogP contribution in [0.5, 0.6) is 17.2 Å². The van der Waals surface area contributed by atoms with Crippen LogP contribution in [0.25, 0.3) is 0 Å². The Balaban J connectivity index is 1.90. The van der Waals surface area contributed by atoms with Gasteiger partial charge in [-0.1, -0.05) is 36.2 Å². The van der Waals surface area contributed by atoms with Crippen molar-refractivity contribution in [1.29, 1.82) is 0 Å². The molecule has 2 rings (SSSR count). The minimum absolute atomic E-state index is 0.172. The number of methoxy groups -OCH3 is 1. The van der Waals surface area contributed by atoms with Gasteiger partial charge in [-0.3, -0.25) is 4.79 Å².